The maximum Gasteiger partial charge on any atom is 0.101 e. The summed E-state index contributed by atoms with van der Waals surface area (Å²) in [6, 6.07) is 5.19. The van der Waals surface area contributed by atoms with Crippen LogP contribution in [0.3, 0.4) is 0 Å². The first kappa shape index (κ1) is 12.6. The van der Waals surface area contributed by atoms with Crippen LogP contribution in [0.5, 0.6) is 0 Å². The molecule has 88 valence electrons. The second-order valence-electron chi connectivity index (χ2n) is 3.62. The number of rotatable bonds is 1. The van der Waals surface area contributed by atoms with Crippen LogP contribution >= 0.6 is 34.8 Å². The van der Waals surface area contributed by atoms with Gasteiger partial charge in [0.2, 0.25) is 0 Å². The van der Waals surface area contributed by atoms with Crippen molar-refractivity contribution in [2.45, 2.75) is 11.8 Å². The van der Waals surface area contributed by atoms with E-state index in [1.165, 1.54) is 0 Å². The van der Waals surface area contributed by atoms with Gasteiger partial charge in [-0.05, 0) is 18.2 Å². The molecule has 1 aliphatic rings. The minimum Gasteiger partial charge on any atom is -0.299 e. The standard InChI is InChI=1S/C12H9Cl3N2/c13-7-4-5-10(16)11(6-7)17-12-8(14)2-1-3-9(12)15/h1-5,7,16H,6H2. The zero-order chi connectivity index (χ0) is 12.4. The van der Waals surface area contributed by atoms with E-state index < -0.39 is 0 Å². The molecule has 0 saturated carbocycles. The second kappa shape index (κ2) is 5.21. The molecular weight excluding hydrogens is 279 g/mol. The Labute approximate surface area is 114 Å². The number of benzene rings is 1. The Morgan fingerprint density at radius 2 is 1.88 bits per heavy atom. The van der Waals surface area contributed by atoms with E-state index in [-0.39, 0.29) is 5.38 Å². The zero-order valence-electron chi connectivity index (χ0n) is 8.75. The van der Waals surface area contributed by atoms with Gasteiger partial charge in [0.25, 0.3) is 0 Å². The first-order valence-electron chi connectivity index (χ1n) is 5.00. The molecule has 1 aromatic rings. The molecule has 1 aromatic carbocycles. The molecule has 0 fully saturated rings. The van der Waals surface area contributed by atoms with Gasteiger partial charge in [-0.25, -0.2) is 4.99 Å². The van der Waals surface area contributed by atoms with Crippen LogP contribution in [-0.4, -0.2) is 16.8 Å². The highest BCUT2D eigenvalue weighted by molar-refractivity contribution is 6.49. The molecular formula is C12H9Cl3N2. The lowest BCUT2D eigenvalue weighted by atomic mass is 10.0. The van der Waals surface area contributed by atoms with Gasteiger partial charge in [-0.15, -0.1) is 11.6 Å². The van der Waals surface area contributed by atoms with Crippen LogP contribution in [0.15, 0.2) is 35.3 Å². The molecule has 0 aliphatic heterocycles. The normalized spacial score (nSPS) is 22.2. The summed E-state index contributed by atoms with van der Waals surface area (Å²) in [5, 5.41) is 8.57. The molecule has 0 aromatic heterocycles. The van der Waals surface area contributed by atoms with Crippen molar-refractivity contribution in [3.05, 3.63) is 40.4 Å². The van der Waals surface area contributed by atoms with Crippen molar-refractivity contribution in [1.82, 2.24) is 0 Å². The summed E-state index contributed by atoms with van der Waals surface area (Å²) in [6.07, 6.45) is 3.93. The molecule has 2 nitrogen and oxygen atoms in total. The summed E-state index contributed by atoms with van der Waals surface area (Å²) in [7, 11) is 0. The maximum absolute atomic E-state index is 7.76. The predicted octanol–water partition coefficient (Wildman–Crippen LogP) is 4.65. The molecule has 5 heteroatoms. The van der Waals surface area contributed by atoms with Gasteiger partial charge in [-0.3, -0.25) is 5.41 Å². The molecule has 0 radical (unpaired) electrons. The van der Waals surface area contributed by atoms with Crippen molar-refractivity contribution in [2.75, 3.05) is 0 Å². The Bertz CT molecular complexity index is 500. The molecule has 1 N–H and O–H groups in total. The Kier molecular flexibility index (Phi) is 3.87. The SMILES string of the molecule is N=C1C=CC(Cl)CC1=Nc1c(Cl)cccc1Cl. The van der Waals surface area contributed by atoms with Gasteiger partial charge < -0.3 is 0 Å². The lowest BCUT2D eigenvalue weighted by molar-refractivity contribution is 1.10. The summed E-state index contributed by atoms with van der Waals surface area (Å²) < 4.78 is 0. The van der Waals surface area contributed by atoms with Crippen LogP contribution in [-0.2, 0) is 0 Å². The number of alkyl halides is 1. The minimum atomic E-state index is -0.135. The molecule has 0 spiro atoms. The highest BCUT2D eigenvalue weighted by Gasteiger charge is 2.16. The number of hydrogen-bond acceptors (Lipinski definition) is 2. The van der Waals surface area contributed by atoms with Gasteiger partial charge in [0.05, 0.1) is 26.8 Å². The lowest BCUT2D eigenvalue weighted by Gasteiger charge is -2.13. The van der Waals surface area contributed by atoms with Gasteiger partial charge in [-0.2, -0.15) is 0 Å². The lowest BCUT2D eigenvalue weighted by Crippen LogP contribution is -2.19. The number of halogens is 3. The van der Waals surface area contributed by atoms with Crippen LogP contribution in [0, 0.1) is 5.41 Å². The van der Waals surface area contributed by atoms with Crippen LogP contribution in [0.2, 0.25) is 10.0 Å². The summed E-state index contributed by atoms with van der Waals surface area (Å²) in [6.45, 7) is 0. The van der Waals surface area contributed by atoms with E-state index in [2.05, 4.69) is 4.99 Å². The smallest absolute Gasteiger partial charge is 0.101 e. The maximum atomic E-state index is 7.76. The molecule has 0 amide bonds. The fraction of sp³-hybridized carbons (Fsp3) is 0.167. The Morgan fingerprint density at radius 1 is 1.24 bits per heavy atom. The molecule has 0 bridgehead atoms. The van der Waals surface area contributed by atoms with Crippen molar-refractivity contribution in [2.24, 2.45) is 4.99 Å². The highest BCUT2D eigenvalue weighted by atomic mass is 35.5. The Hall–Kier alpha value is -0.830. The van der Waals surface area contributed by atoms with E-state index in [0.717, 1.165) is 0 Å². The molecule has 0 saturated heterocycles. The van der Waals surface area contributed by atoms with Crippen LogP contribution in [0.4, 0.5) is 5.69 Å². The molecule has 17 heavy (non-hydrogen) atoms. The topological polar surface area (TPSA) is 36.2 Å². The Balaban J connectivity index is 2.43. The predicted molar refractivity (Wildman–Crippen MR) is 74.7 cm³/mol. The van der Waals surface area contributed by atoms with Crippen LogP contribution in [0.1, 0.15) is 6.42 Å². The fourth-order valence-corrected chi connectivity index (χ4v) is 2.20. The van der Waals surface area contributed by atoms with Crippen LogP contribution < -0.4 is 0 Å². The van der Waals surface area contributed by atoms with Gasteiger partial charge in [0, 0.05) is 6.42 Å². The van der Waals surface area contributed by atoms with Gasteiger partial charge in [0.15, 0.2) is 0 Å². The van der Waals surface area contributed by atoms with Gasteiger partial charge in [-0.1, -0.05) is 35.3 Å². The molecule has 1 atom stereocenters. The van der Waals surface area contributed by atoms with Crippen molar-refractivity contribution in [1.29, 1.82) is 5.41 Å². The van der Waals surface area contributed by atoms with E-state index in [9.17, 15) is 0 Å². The van der Waals surface area contributed by atoms with E-state index in [1.54, 1.807) is 30.4 Å². The van der Waals surface area contributed by atoms with Crippen molar-refractivity contribution in [3.63, 3.8) is 0 Å². The summed E-state index contributed by atoms with van der Waals surface area (Å²) >= 11 is 18.0. The molecule has 1 unspecified atom stereocenters. The molecule has 0 heterocycles. The van der Waals surface area contributed by atoms with Crippen molar-refractivity contribution >= 4 is 51.9 Å². The monoisotopic (exact) mass is 286 g/mol. The number of para-hydroxylation sites is 1. The van der Waals surface area contributed by atoms with Gasteiger partial charge in [0.1, 0.15) is 5.69 Å². The van der Waals surface area contributed by atoms with E-state index in [4.69, 9.17) is 40.2 Å². The van der Waals surface area contributed by atoms with Gasteiger partial charge >= 0.3 is 0 Å². The van der Waals surface area contributed by atoms with Crippen molar-refractivity contribution < 1.29 is 0 Å². The number of allylic oxidation sites excluding steroid dienone is 2. The average Bonchev–Trinajstić information content (AvgIpc) is 2.28. The zero-order valence-corrected chi connectivity index (χ0v) is 11.0. The minimum absolute atomic E-state index is 0.135. The first-order chi connectivity index (χ1) is 8.08. The second-order valence-corrected chi connectivity index (χ2v) is 5.00. The third-order valence-corrected chi connectivity index (χ3v) is 3.27. The number of nitrogens with zero attached hydrogens (tertiary/aromatic N) is 1. The van der Waals surface area contributed by atoms with E-state index in [1.807, 2.05) is 0 Å². The fourth-order valence-electron chi connectivity index (χ4n) is 1.50. The summed E-state index contributed by atoms with van der Waals surface area (Å²) in [5.41, 5.74) is 1.44. The first-order valence-corrected chi connectivity index (χ1v) is 6.20. The summed E-state index contributed by atoms with van der Waals surface area (Å²) in [4.78, 5) is 4.34. The third kappa shape index (κ3) is 2.89. The van der Waals surface area contributed by atoms with E-state index in [0.29, 0.717) is 33.6 Å². The molecule has 2 rings (SSSR count). The van der Waals surface area contributed by atoms with E-state index >= 15 is 0 Å². The summed E-state index contributed by atoms with van der Waals surface area (Å²) in [5.74, 6) is 0. The van der Waals surface area contributed by atoms with Crippen LogP contribution in [0.25, 0.3) is 0 Å². The Morgan fingerprint density at radius 3 is 2.53 bits per heavy atom. The highest BCUT2D eigenvalue weighted by Crippen LogP contribution is 2.33. The molecule has 1 aliphatic carbocycles. The largest absolute Gasteiger partial charge is 0.299 e. The average molecular weight is 288 g/mol. The quantitative estimate of drug-likeness (QED) is 0.730. The van der Waals surface area contributed by atoms with Crippen molar-refractivity contribution in [3.8, 4) is 0 Å². The third-order valence-electron chi connectivity index (χ3n) is 2.36. The number of hydrogen-bond donors (Lipinski definition) is 1. The number of aliphatic imine (C=N–C) groups is 1. The number of nitrogens with one attached hydrogen (secondary N) is 1.